The zero-order valence-corrected chi connectivity index (χ0v) is 11.9. The van der Waals surface area contributed by atoms with Gasteiger partial charge in [0, 0.05) is 0 Å². The molecule has 1 atom stereocenters. The standard InChI is InChI=1S/C16H26N2/c1-4-16(2,3)15(18-17)14-10-8-13(9-11-14)12-6-5-7-12/h8-12,15,18H,4-7,17H2,1-3H3. The third-order valence-electron chi connectivity index (χ3n) is 4.71. The molecule has 2 nitrogen and oxygen atoms in total. The maximum atomic E-state index is 5.75. The predicted octanol–water partition coefficient (Wildman–Crippen LogP) is 3.89. The fourth-order valence-electron chi connectivity index (χ4n) is 2.68. The van der Waals surface area contributed by atoms with Crippen LogP contribution < -0.4 is 11.3 Å². The summed E-state index contributed by atoms with van der Waals surface area (Å²) in [5, 5.41) is 0. The van der Waals surface area contributed by atoms with Gasteiger partial charge in [-0.1, -0.05) is 51.5 Å². The van der Waals surface area contributed by atoms with Crippen molar-refractivity contribution in [3.8, 4) is 0 Å². The summed E-state index contributed by atoms with van der Waals surface area (Å²) in [6.07, 6.45) is 5.21. The van der Waals surface area contributed by atoms with Crippen molar-refractivity contribution in [1.82, 2.24) is 5.43 Å². The maximum Gasteiger partial charge on any atom is 0.0510 e. The van der Waals surface area contributed by atoms with E-state index in [4.69, 9.17) is 5.84 Å². The SMILES string of the molecule is CCC(C)(C)C(NN)c1ccc(C2CCC2)cc1. The lowest BCUT2D eigenvalue weighted by molar-refractivity contribution is 0.236. The zero-order valence-electron chi connectivity index (χ0n) is 11.9. The molecule has 1 aliphatic carbocycles. The Balaban J connectivity index is 2.16. The van der Waals surface area contributed by atoms with Gasteiger partial charge in [0.1, 0.15) is 0 Å². The highest BCUT2D eigenvalue weighted by atomic mass is 15.2. The molecule has 0 bridgehead atoms. The van der Waals surface area contributed by atoms with Gasteiger partial charge in [-0.25, -0.2) is 0 Å². The molecule has 1 saturated carbocycles. The van der Waals surface area contributed by atoms with Gasteiger partial charge in [-0.3, -0.25) is 11.3 Å². The number of hydrazine groups is 1. The second-order valence-corrected chi connectivity index (χ2v) is 6.24. The molecule has 3 N–H and O–H groups in total. The number of hydrogen-bond donors (Lipinski definition) is 2. The molecule has 0 saturated heterocycles. The predicted molar refractivity (Wildman–Crippen MR) is 77.2 cm³/mol. The first-order valence-electron chi connectivity index (χ1n) is 7.14. The number of nitrogens with one attached hydrogen (secondary N) is 1. The van der Waals surface area contributed by atoms with Gasteiger partial charge in [-0.15, -0.1) is 0 Å². The van der Waals surface area contributed by atoms with Crippen LogP contribution in [0.25, 0.3) is 0 Å². The Kier molecular flexibility index (Phi) is 4.08. The molecule has 0 aliphatic heterocycles. The molecular formula is C16H26N2. The zero-order chi connectivity index (χ0) is 13.2. The van der Waals surface area contributed by atoms with E-state index in [1.54, 1.807) is 0 Å². The van der Waals surface area contributed by atoms with E-state index in [2.05, 4.69) is 50.5 Å². The van der Waals surface area contributed by atoms with Crippen LogP contribution >= 0.6 is 0 Å². The molecule has 100 valence electrons. The van der Waals surface area contributed by atoms with Crippen LogP contribution in [0.1, 0.15) is 69.5 Å². The monoisotopic (exact) mass is 246 g/mol. The number of hydrogen-bond acceptors (Lipinski definition) is 2. The minimum absolute atomic E-state index is 0.173. The third kappa shape index (κ3) is 2.60. The van der Waals surface area contributed by atoms with Gasteiger partial charge in [0.25, 0.3) is 0 Å². The van der Waals surface area contributed by atoms with Gasteiger partial charge in [0.15, 0.2) is 0 Å². The molecule has 1 aromatic rings. The Morgan fingerprint density at radius 3 is 2.28 bits per heavy atom. The molecule has 0 spiro atoms. The van der Waals surface area contributed by atoms with Crippen molar-refractivity contribution in [3.63, 3.8) is 0 Å². The van der Waals surface area contributed by atoms with E-state index in [1.165, 1.54) is 30.4 Å². The second kappa shape index (κ2) is 5.41. The minimum atomic E-state index is 0.173. The summed E-state index contributed by atoms with van der Waals surface area (Å²) in [5.74, 6) is 6.56. The molecule has 2 heteroatoms. The van der Waals surface area contributed by atoms with E-state index >= 15 is 0 Å². The fraction of sp³-hybridized carbons (Fsp3) is 0.625. The van der Waals surface area contributed by atoms with E-state index in [-0.39, 0.29) is 11.5 Å². The van der Waals surface area contributed by atoms with Gasteiger partial charge in [0.2, 0.25) is 0 Å². The van der Waals surface area contributed by atoms with Crippen molar-refractivity contribution < 1.29 is 0 Å². The van der Waals surface area contributed by atoms with Gasteiger partial charge in [0.05, 0.1) is 6.04 Å². The number of nitrogens with two attached hydrogens (primary N) is 1. The molecule has 1 fully saturated rings. The highest BCUT2D eigenvalue weighted by Gasteiger charge is 2.28. The summed E-state index contributed by atoms with van der Waals surface area (Å²) in [6.45, 7) is 6.74. The van der Waals surface area contributed by atoms with Crippen LogP contribution in [0.15, 0.2) is 24.3 Å². The smallest absolute Gasteiger partial charge is 0.0510 e. The van der Waals surface area contributed by atoms with Gasteiger partial charge in [-0.2, -0.15) is 0 Å². The Hall–Kier alpha value is -0.860. The number of benzene rings is 1. The van der Waals surface area contributed by atoms with Crippen molar-refractivity contribution in [1.29, 1.82) is 0 Å². The van der Waals surface area contributed by atoms with Crippen LogP contribution in [0.5, 0.6) is 0 Å². The Labute approximate surface area is 111 Å². The molecule has 18 heavy (non-hydrogen) atoms. The van der Waals surface area contributed by atoms with Crippen LogP contribution in [-0.4, -0.2) is 0 Å². The largest absolute Gasteiger partial charge is 0.271 e. The summed E-state index contributed by atoms with van der Waals surface area (Å²) in [6, 6.07) is 9.29. The molecule has 2 rings (SSSR count). The lowest BCUT2D eigenvalue weighted by Crippen LogP contribution is -2.38. The maximum absolute atomic E-state index is 5.75. The Morgan fingerprint density at radius 2 is 1.89 bits per heavy atom. The van der Waals surface area contributed by atoms with E-state index in [0.29, 0.717) is 0 Å². The average molecular weight is 246 g/mol. The summed E-state index contributed by atoms with van der Waals surface area (Å²) >= 11 is 0. The summed E-state index contributed by atoms with van der Waals surface area (Å²) < 4.78 is 0. The molecule has 0 radical (unpaired) electrons. The Morgan fingerprint density at radius 1 is 1.28 bits per heavy atom. The highest BCUT2D eigenvalue weighted by molar-refractivity contribution is 5.29. The summed E-state index contributed by atoms with van der Waals surface area (Å²) in [5.41, 5.74) is 5.95. The van der Waals surface area contributed by atoms with Crippen molar-refractivity contribution in [2.24, 2.45) is 11.3 Å². The first kappa shape index (κ1) is 13.6. The van der Waals surface area contributed by atoms with Crippen LogP contribution in [0.3, 0.4) is 0 Å². The van der Waals surface area contributed by atoms with Crippen molar-refractivity contribution in [2.75, 3.05) is 0 Å². The third-order valence-corrected chi connectivity index (χ3v) is 4.71. The molecule has 1 aromatic carbocycles. The van der Waals surface area contributed by atoms with Crippen molar-refractivity contribution >= 4 is 0 Å². The van der Waals surface area contributed by atoms with E-state index in [1.807, 2.05) is 0 Å². The normalized spacial score (nSPS) is 18.4. The van der Waals surface area contributed by atoms with Gasteiger partial charge < -0.3 is 0 Å². The van der Waals surface area contributed by atoms with Crippen LogP contribution in [-0.2, 0) is 0 Å². The highest BCUT2D eigenvalue weighted by Crippen LogP contribution is 2.39. The minimum Gasteiger partial charge on any atom is -0.271 e. The fourth-order valence-corrected chi connectivity index (χ4v) is 2.68. The average Bonchev–Trinajstić information content (AvgIpc) is 2.30. The van der Waals surface area contributed by atoms with E-state index < -0.39 is 0 Å². The van der Waals surface area contributed by atoms with Crippen LogP contribution in [0, 0.1) is 5.41 Å². The number of rotatable bonds is 5. The van der Waals surface area contributed by atoms with Crippen LogP contribution in [0.4, 0.5) is 0 Å². The van der Waals surface area contributed by atoms with Gasteiger partial charge in [-0.05, 0) is 41.7 Å². The van der Waals surface area contributed by atoms with Crippen molar-refractivity contribution in [3.05, 3.63) is 35.4 Å². The first-order valence-corrected chi connectivity index (χ1v) is 7.14. The lowest BCUT2D eigenvalue weighted by Gasteiger charge is -2.34. The van der Waals surface area contributed by atoms with E-state index in [0.717, 1.165) is 12.3 Å². The molecule has 1 aliphatic rings. The molecule has 0 amide bonds. The first-order chi connectivity index (χ1) is 8.58. The van der Waals surface area contributed by atoms with Gasteiger partial charge >= 0.3 is 0 Å². The molecular weight excluding hydrogens is 220 g/mol. The quantitative estimate of drug-likeness (QED) is 0.611. The summed E-state index contributed by atoms with van der Waals surface area (Å²) in [4.78, 5) is 0. The summed E-state index contributed by atoms with van der Waals surface area (Å²) in [7, 11) is 0. The Bertz CT molecular complexity index is 377. The topological polar surface area (TPSA) is 38.0 Å². The second-order valence-electron chi connectivity index (χ2n) is 6.24. The molecule has 0 heterocycles. The van der Waals surface area contributed by atoms with Crippen LogP contribution in [0.2, 0.25) is 0 Å². The molecule has 1 unspecified atom stereocenters. The molecule has 0 aromatic heterocycles. The van der Waals surface area contributed by atoms with E-state index in [9.17, 15) is 0 Å². The van der Waals surface area contributed by atoms with Crippen molar-refractivity contribution in [2.45, 2.75) is 58.4 Å². The lowest BCUT2D eigenvalue weighted by atomic mass is 9.77.